The number of rotatable bonds is 8. The van der Waals surface area contributed by atoms with Crippen LogP contribution in [0, 0.1) is 0 Å². The summed E-state index contributed by atoms with van der Waals surface area (Å²) in [7, 11) is 1.43. The van der Waals surface area contributed by atoms with Gasteiger partial charge in [0.2, 0.25) is 5.91 Å². The van der Waals surface area contributed by atoms with E-state index in [9.17, 15) is 19.5 Å². The van der Waals surface area contributed by atoms with Crippen molar-refractivity contribution >= 4 is 23.5 Å². The summed E-state index contributed by atoms with van der Waals surface area (Å²) in [6.45, 7) is 1.68. The molecule has 1 heterocycles. The van der Waals surface area contributed by atoms with Crippen LogP contribution in [0.2, 0.25) is 0 Å². The topological polar surface area (TPSA) is 120 Å². The summed E-state index contributed by atoms with van der Waals surface area (Å²) in [4.78, 5) is 36.1. The summed E-state index contributed by atoms with van der Waals surface area (Å²) in [6.07, 6.45) is 3.22. The molecule has 0 aliphatic carbocycles. The second-order valence-corrected chi connectivity index (χ2v) is 6.38. The number of likely N-dealkylation sites (tertiary alicyclic amines) is 1. The highest BCUT2D eigenvalue weighted by Gasteiger charge is 2.19. The number of hydrazone groups is 1. The van der Waals surface area contributed by atoms with E-state index in [1.807, 2.05) is 0 Å². The Hall–Kier alpha value is -3.10. The number of ether oxygens (including phenoxy) is 2. The van der Waals surface area contributed by atoms with Crippen molar-refractivity contribution in [3.05, 3.63) is 23.8 Å². The van der Waals surface area contributed by atoms with E-state index in [2.05, 4.69) is 10.5 Å². The lowest BCUT2D eigenvalue weighted by molar-refractivity contribution is -0.307. The molecule has 152 valence electrons. The number of aliphatic carboxylic acids is 1. The molecule has 1 aromatic rings. The molecule has 0 atom stereocenters. The molecule has 9 nitrogen and oxygen atoms in total. The van der Waals surface area contributed by atoms with Crippen molar-refractivity contribution < 1.29 is 29.0 Å². The minimum Gasteiger partial charge on any atom is -0.546 e. The van der Waals surface area contributed by atoms with Gasteiger partial charge in [-0.3, -0.25) is 9.59 Å². The summed E-state index contributed by atoms with van der Waals surface area (Å²) < 4.78 is 10.3. The molecule has 2 rings (SSSR count). The van der Waals surface area contributed by atoms with Gasteiger partial charge in [0.05, 0.1) is 18.8 Å². The predicted octanol–water partition coefficient (Wildman–Crippen LogP) is 0.0667. The molecule has 1 fully saturated rings. The molecule has 2 amide bonds. The van der Waals surface area contributed by atoms with E-state index in [1.165, 1.54) is 7.11 Å². The molecule has 0 radical (unpaired) electrons. The quantitative estimate of drug-likeness (QED) is 0.495. The van der Waals surface area contributed by atoms with Gasteiger partial charge in [-0.05, 0) is 38.0 Å². The molecule has 1 saturated heterocycles. The van der Waals surface area contributed by atoms with Crippen LogP contribution in [0.3, 0.4) is 0 Å². The molecule has 0 saturated carbocycles. The van der Waals surface area contributed by atoms with Crippen molar-refractivity contribution in [1.29, 1.82) is 0 Å². The lowest BCUT2D eigenvalue weighted by Crippen LogP contribution is -2.39. The lowest BCUT2D eigenvalue weighted by atomic mass is 10.1. The Kier molecular flexibility index (Phi) is 7.79. The fourth-order valence-electron chi connectivity index (χ4n) is 2.77. The zero-order valence-electron chi connectivity index (χ0n) is 16.0. The third-order valence-electron chi connectivity index (χ3n) is 4.28. The number of hydrogen-bond acceptors (Lipinski definition) is 7. The Morgan fingerprint density at radius 1 is 1.25 bits per heavy atom. The summed E-state index contributed by atoms with van der Waals surface area (Å²) in [5, 5.41) is 14.6. The number of carboxylic acids is 1. The Balaban J connectivity index is 1.98. The van der Waals surface area contributed by atoms with Crippen LogP contribution in [0.25, 0.3) is 0 Å². The Morgan fingerprint density at radius 3 is 2.75 bits per heavy atom. The number of benzene rings is 1. The van der Waals surface area contributed by atoms with Gasteiger partial charge in [-0.2, -0.15) is 5.10 Å². The van der Waals surface area contributed by atoms with Crippen LogP contribution in [0.5, 0.6) is 11.5 Å². The number of nitrogens with zero attached hydrogens (tertiary/aromatic N) is 2. The van der Waals surface area contributed by atoms with E-state index >= 15 is 0 Å². The summed E-state index contributed by atoms with van der Waals surface area (Å²) in [5.41, 5.74) is 3.63. The number of carbonyl (C=O) groups is 3. The first kappa shape index (κ1) is 21.2. The van der Waals surface area contributed by atoms with Gasteiger partial charge in [-0.15, -0.1) is 0 Å². The molecule has 0 bridgehead atoms. The highest BCUT2D eigenvalue weighted by molar-refractivity contribution is 6.00. The van der Waals surface area contributed by atoms with Crippen LogP contribution in [0.1, 0.15) is 38.2 Å². The highest BCUT2D eigenvalue weighted by atomic mass is 16.5. The third kappa shape index (κ3) is 6.26. The predicted molar refractivity (Wildman–Crippen MR) is 98.9 cm³/mol. The smallest absolute Gasteiger partial charge is 0.259 e. The normalized spacial score (nSPS) is 15.0. The van der Waals surface area contributed by atoms with Gasteiger partial charge in [0, 0.05) is 18.5 Å². The van der Waals surface area contributed by atoms with Crippen molar-refractivity contribution in [2.75, 3.05) is 26.8 Å². The fourth-order valence-corrected chi connectivity index (χ4v) is 2.77. The molecular formula is C19H24N3O6-. The zero-order valence-corrected chi connectivity index (χ0v) is 16.0. The van der Waals surface area contributed by atoms with Crippen molar-refractivity contribution in [3.63, 3.8) is 0 Å². The fraction of sp³-hybridized carbons (Fsp3) is 0.474. The van der Waals surface area contributed by atoms with Crippen LogP contribution >= 0.6 is 0 Å². The molecule has 1 aliphatic rings. The van der Waals surface area contributed by atoms with Crippen molar-refractivity contribution in [2.45, 2.75) is 32.6 Å². The Labute approximate surface area is 163 Å². The van der Waals surface area contributed by atoms with Crippen LogP contribution in [0.15, 0.2) is 23.3 Å². The largest absolute Gasteiger partial charge is 0.546 e. The SMILES string of the molecule is COc1cc(/C(C)=N\NC(=O)CN2CCCCCC2=O)ccc1OCC(=O)[O-]. The standard InChI is InChI=1S/C19H25N3O6/c1-13(14-7-8-15(16(10-14)27-2)28-12-19(25)26)20-21-17(23)11-22-9-5-3-4-6-18(22)24/h7-8,10H,3-6,9,11-12H2,1-2H3,(H,21,23)(H,25,26)/p-1/b20-13-. The molecule has 1 aromatic carbocycles. The van der Waals surface area contributed by atoms with Gasteiger partial charge in [-0.25, -0.2) is 5.43 Å². The Morgan fingerprint density at radius 2 is 2.04 bits per heavy atom. The first-order chi connectivity index (χ1) is 13.4. The molecule has 28 heavy (non-hydrogen) atoms. The number of methoxy groups -OCH3 is 1. The maximum Gasteiger partial charge on any atom is 0.259 e. The summed E-state index contributed by atoms with van der Waals surface area (Å²) in [5.74, 6) is -1.13. The first-order valence-corrected chi connectivity index (χ1v) is 9.02. The van der Waals surface area contributed by atoms with E-state index in [0.717, 1.165) is 19.3 Å². The van der Waals surface area contributed by atoms with Crippen molar-refractivity contribution in [2.24, 2.45) is 5.10 Å². The number of carboxylic acid groups (broad SMARTS) is 1. The third-order valence-corrected chi connectivity index (χ3v) is 4.28. The average molecular weight is 390 g/mol. The van der Waals surface area contributed by atoms with E-state index in [4.69, 9.17) is 9.47 Å². The van der Waals surface area contributed by atoms with Gasteiger partial charge >= 0.3 is 0 Å². The number of amides is 2. The van der Waals surface area contributed by atoms with Gasteiger partial charge in [0.1, 0.15) is 13.2 Å². The minimum absolute atomic E-state index is 0.00904. The molecule has 1 N–H and O–H groups in total. The van der Waals surface area contributed by atoms with Crippen LogP contribution in [-0.4, -0.2) is 55.2 Å². The summed E-state index contributed by atoms with van der Waals surface area (Å²) in [6, 6.07) is 4.83. The zero-order chi connectivity index (χ0) is 20.5. The average Bonchev–Trinajstić information content (AvgIpc) is 2.88. The number of hydrogen-bond donors (Lipinski definition) is 1. The van der Waals surface area contributed by atoms with Crippen LogP contribution in [0.4, 0.5) is 0 Å². The first-order valence-electron chi connectivity index (χ1n) is 9.02. The van der Waals surface area contributed by atoms with Gasteiger partial charge in [-0.1, -0.05) is 6.42 Å². The van der Waals surface area contributed by atoms with E-state index < -0.39 is 12.6 Å². The van der Waals surface area contributed by atoms with Gasteiger partial charge < -0.3 is 24.3 Å². The van der Waals surface area contributed by atoms with Crippen LogP contribution in [-0.2, 0) is 14.4 Å². The number of nitrogens with one attached hydrogen (secondary N) is 1. The second kappa shape index (κ2) is 10.3. The Bertz CT molecular complexity index is 762. The minimum atomic E-state index is -1.34. The highest BCUT2D eigenvalue weighted by Crippen LogP contribution is 2.28. The van der Waals surface area contributed by atoms with Gasteiger partial charge in [0.15, 0.2) is 11.5 Å². The van der Waals surface area contributed by atoms with E-state index in [0.29, 0.717) is 30.0 Å². The molecule has 1 aliphatic heterocycles. The second-order valence-electron chi connectivity index (χ2n) is 6.38. The maximum absolute atomic E-state index is 12.1. The number of carbonyl (C=O) groups excluding carboxylic acids is 3. The van der Waals surface area contributed by atoms with Crippen molar-refractivity contribution in [3.8, 4) is 11.5 Å². The maximum atomic E-state index is 12.1. The van der Waals surface area contributed by atoms with Crippen LogP contribution < -0.4 is 20.0 Å². The van der Waals surface area contributed by atoms with Crippen molar-refractivity contribution in [1.82, 2.24) is 10.3 Å². The lowest BCUT2D eigenvalue weighted by Gasteiger charge is -2.19. The molecule has 0 aromatic heterocycles. The molecular weight excluding hydrogens is 366 g/mol. The monoisotopic (exact) mass is 390 g/mol. The van der Waals surface area contributed by atoms with E-state index in [1.54, 1.807) is 30.0 Å². The van der Waals surface area contributed by atoms with E-state index in [-0.39, 0.29) is 24.1 Å². The molecule has 0 unspecified atom stereocenters. The molecule has 0 spiro atoms. The summed E-state index contributed by atoms with van der Waals surface area (Å²) >= 11 is 0. The van der Waals surface area contributed by atoms with Gasteiger partial charge in [0.25, 0.3) is 5.91 Å². The molecule has 9 heteroatoms.